The molecule has 0 aliphatic heterocycles. The van der Waals surface area contributed by atoms with E-state index in [4.69, 9.17) is 4.74 Å². The average molecular weight is 301 g/mol. The zero-order valence-corrected chi connectivity index (χ0v) is 13.7. The summed E-state index contributed by atoms with van der Waals surface area (Å²) in [5, 5.41) is 3.01. The normalized spacial score (nSPS) is 15.8. The van der Waals surface area contributed by atoms with Crippen LogP contribution in [-0.4, -0.2) is 18.6 Å². The maximum Gasteiger partial charge on any atom is 0.261 e. The molecule has 0 spiro atoms. The van der Waals surface area contributed by atoms with Gasteiger partial charge in [0.1, 0.15) is 5.75 Å². The van der Waals surface area contributed by atoms with E-state index in [1.165, 1.54) is 31.3 Å². The molecule has 0 fully saturated rings. The van der Waals surface area contributed by atoms with Crippen molar-refractivity contribution in [1.29, 1.82) is 0 Å². The molecule has 2 rings (SSSR count). The summed E-state index contributed by atoms with van der Waals surface area (Å²) in [5.41, 5.74) is 2.62. The molecule has 1 N–H and O–H groups in total. The van der Waals surface area contributed by atoms with E-state index in [1.54, 1.807) is 0 Å². The maximum atomic E-state index is 12.2. The Morgan fingerprint density at radius 2 is 2.23 bits per heavy atom. The van der Waals surface area contributed by atoms with Crippen LogP contribution in [0.15, 0.2) is 35.9 Å². The maximum absolute atomic E-state index is 12.2. The van der Waals surface area contributed by atoms with E-state index in [1.807, 2.05) is 38.1 Å². The van der Waals surface area contributed by atoms with Crippen molar-refractivity contribution in [2.45, 2.75) is 58.5 Å². The van der Waals surface area contributed by atoms with Crippen LogP contribution in [0.25, 0.3) is 0 Å². The van der Waals surface area contributed by atoms with Crippen LogP contribution in [0, 0.1) is 6.92 Å². The standard InChI is InChI=1S/C19H27NO2/c1-3-18(22-17-11-7-8-15(2)14-17)19(21)20-13-12-16-9-5-4-6-10-16/h7-9,11,14,18H,3-6,10,12-13H2,1-2H3,(H,20,21). The number of allylic oxidation sites excluding steroid dienone is 1. The second kappa shape index (κ2) is 8.62. The average Bonchev–Trinajstić information content (AvgIpc) is 2.53. The Bertz CT molecular complexity index is 522. The molecule has 0 aromatic heterocycles. The molecule has 1 atom stereocenters. The number of nitrogens with one attached hydrogen (secondary N) is 1. The van der Waals surface area contributed by atoms with Crippen molar-refractivity contribution in [1.82, 2.24) is 5.32 Å². The van der Waals surface area contributed by atoms with Gasteiger partial charge < -0.3 is 10.1 Å². The van der Waals surface area contributed by atoms with Crippen molar-refractivity contribution < 1.29 is 9.53 Å². The molecule has 0 saturated heterocycles. The van der Waals surface area contributed by atoms with Gasteiger partial charge in [0, 0.05) is 6.54 Å². The van der Waals surface area contributed by atoms with Gasteiger partial charge >= 0.3 is 0 Å². The molecule has 0 saturated carbocycles. The van der Waals surface area contributed by atoms with Crippen LogP contribution in [0.2, 0.25) is 0 Å². The monoisotopic (exact) mass is 301 g/mol. The van der Waals surface area contributed by atoms with E-state index in [0.717, 1.165) is 17.7 Å². The van der Waals surface area contributed by atoms with E-state index in [0.29, 0.717) is 13.0 Å². The van der Waals surface area contributed by atoms with Gasteiger partial charge in [-0.05, 0) is 63.1 Å². The second-order valence-electron chi connectivity index (χ2n) is 5.98. The first-order valence-corrected chi connectivity index (χ1v) is 8.38. The molecular weight excluding hydrogens is 274 g/mol. The van der Waals surface area contributed by atoms with E-state index >= 15 is 0 Å². The summed E-state index contributed by atoms with van der Waals surface area (Å²) < 4.78 is 5.82. The van der Waals surface area contributed by atoms with Crippen LogP contribution in [0.3, 0.4) is 0 Å². The lowest BCUT2D eigenvalue weighted by Crippen LogP contribution is -2.38. The lowest BCUT2D eigenvalue weighted by molar-refractivity contribution is -0.128. The van der Waals surface area contributed by atoms with Crippen LogP contribution >= 0.6 is 0 Å². The molecule has 1 aliphatic rings. The minimum atomic E-state index is -0.415. The van der Waals surface area contributed by atoms with Crippen molar-refractivity contribution in [3.8, 4) is 5.75 Å². The van der Waals surface area contributed by atoms with Crippen LogP contribution in [0.4, 0.5) is 0 Å². The molecule has 1 amide bonds. The summed E-state index contributed by atoms with van der Waals surface area (Å²) >= 11 is 0. The predicted molar refractivity (Wildman–Crippen MR) is 90.1 cm³/mol. The highest BCUT2D eigenvalue weighted by molar-refractivity contribution is 5.81. The van der Waals surface area contributed by atoms with Gasteiger partial charge in [-0.25, -0.2) is 0 Å². The molecule has 0 bridgehead atoms. The van der Waals surface area contributed by atoms with E-state index in [9.17, 15) is 4.79 Å². The Hall–Kier alpha value is -1.77. The summed E-state index contributed by atoms with van der Waals surface area (Å²) in [6.45, 7) is 4.70. The summed E-state index contributed by atoms with van der Waals surface area (Å²) in [6, 6.07) is 7.83. The number of hydrogen-bond acceptors (Lipinski definition) is 2. The Kier molecular flexibility index (Phi) is 6.50. The number of carbonyl (C=O) groups excluding carboxylic acids is 1. The first-order valence-electron chi connectivity index (χ1n) is 8.38. The van der Waals surface area contributed by atoms with Gasteiger partial charge in [-0.1, -0.05) is 30.7 Å². The Morgan fingerprint density at radius 1 is 1.36 bits per heavy atom. The molecule has 1 aromatic carbocycles. The lowest BCUT2D eigenvalue weighted by Gasteiger charge is -2.18. The molecule has 0 radical (unpaired) electrons. The molecular formula is C19H27NO2. The van der Waals surface area contributed by atoms with E-state index in [-0.39, 0.29) is 5.91 Å². The topological polar surface area (TPSA) is 38.3 Å². The van der Waals surface area contributed by atoms with Crippen molar-refractivity contribution in [2.24, 2.45) is 0 Å². The molecule has 0 heterocycles. The molecule has 1 aliphatic carbocycles. The van der Waals surface area contributed by atoms with Crippen molar-refractivity contribution >= 4 is 5.91 Å². The third-order valence-corrected chi connectivity index (χ3v) is 4.06. The molecule has 1 unspecified atom stereocenters. The summed E-state index contributed by atoms with van der Waals surface area (Å²) in [4.78, 5) is 12.2. The van der Waals surface area contributed by atoms with Gasteiger partial charge in [0.2, 0.25) is 0 Å². The fourth-order valence-corrected chi connectivity index (χ4v) is 2.77. The Morgan fingerprint density at radius 3 is 2.91 bits per heavy atom. The van der Waals surface area contributed by atoms with Crippen LogP contribution in [-0.2, 0) is 4.79 Å². The van der Waals surface area contributed by atoms with Gasteiger partial charge in [0.15, 0.2) is 6.10 Å². The number of carbonyl (C=O) groups is 1. The summed E-state index contributed by atoms with van der Waals surface area (Å²) in [6.07, 6.45) is 8.52. The third kappa shape index (κ3) is 5.21. The van der Waals surface area contributed by atoms with Crippen molar-refractivity contribution in [3.63, 3.8) is 0 Å². The lowest BCUT2D eigenvalue weighted by atomic mass is 9.97. The zero-order chi connectivity index (χ0) is 15.8. The molecule has 3 heteroatoms. The van der Waals surface area contributed by atoms with Gasteiger partial charge in [0.25, 0.3) is 5.91 Å². The number of benzene rings is 1. The fourth-order valence-electron chi connectivity index (χ4n) is 2.77. The van der Waals surface area contributed by atoms with Crippen LogP contribution in [0.5, 0.6) is 5.75 Å². The number of rotatable bonds is 7. The highest BCUT2D eigenvalue weighted by atomic mass is 16.5. The van der Waals surface area contributed by atoms with E-state index < -0.39 is 6.10 Å². The number of ether oxygens (including phenoxy) is 1. The van der Waals surface area contributed by atoms with Gasteiger partial charge in [-0.2, -0.15) is 0 Å². The molecule has 1 aromatic rings. The fraction of sp³-hybridized carbons (Fsp3) is 0.526. The minimum absolute atomic E-state index is 0.0135. The number of hydrogen-bond donors (Lipinski definition) is 1. The summed E-state index contributed by atoms with van der Waals surface area (Å²) in [5.74, 6) is 0.748. The first-order chi connectivity index (χ1) is 10.7. The van der Waals surface area contributed by atoms with Crippen LogP contribution in [0.1, 0.15) is 51.0 Å². The Labute approximate surface area is 133 Å². The zero-order valence-electron chi connectivity index (χ0n) is 13.7. The smallest absolute Gasteiger partial charge is 0.261 e. The van der Waals surface area contributed by atoms with Gasteiger partial charge in [0.05, 0.1) is 0 Å². The summed E-state index contributed by atoms with van der Waals surface area (Å²) in [7, 11) is 0. The second-order valence-corrected chi connectivity index (χ2v) is 5.98. The quantitative estimate of drug-likeness (QED) is 0.768. The number of amides is 1. The highest BCUT2D eigenvalue weighted by Gasteiger charge is 2.18. The molecule has 120 valence electrons. The highest BCUT2D eigenvalue weighted by Crippen LogP contribution is 2.19. The molecule has 3 nitrogen and oxygen atoms in total. The third-order valence-electron chi connectivity index (χ3n) is 4.06. The van der Waals surface area contributed by atoms with E-state index in [2.05, 4.69) is 11.4 Å². The van der Waals surface area contributed by atoms with Gasteiger partial charge in [-0.3, -0.25) is 4.79 Å². The predicted octanol–water partition coefficient (Wildman–Crippen LogP) is 4.16. The molecule has 22 heavy (non-hydrogen) atoms. The minimum Gasteiger partial charge on any atom is -0.481 e. The van der Waals surface area contributed by atoms with Crippen LogP contribution < -0.4 is 10.1 Å². The Balaban J connectivity index is 1.79. The first kappa shape index (κ1) is 16.6. The van der Waals surface area contributed by atoms with Crippen molar-refractivity contribution in [3.05, 3.63) is 41.5 Å². The number of aryl methyl sites for hydroxylation is 1. The van der Waals surface area contributed by atoms with Crippen molar-refractivity contribution in [2.75, 3.05) is 6.54 Å². The van der Waals surface area contributed by atoms with Gasteiger partial charge in [-0.15, -0.1) is 0 Å². The SMILES string of the molecule is CCC(Oc1cccc(C)c1)C(=O)NCCC1=CCCCC1. The largest absolute Gasteiger partial charge is 0.481 e.